The number of carboxylic acid groups (broad SMARTS) is 1. The maximum Gasteiger partial charge on any atom is 0.339 e. The number of rotatable bonds is 29. The molecule has 3 aromatic heterocycles. The normalized spacial score (nSPS) is 10.8. The number of aryl methyl sites for hydroxylation is 6. The van der Waals surface area contributed by atoms with E-state index in [1.807, 2.05) is 78.5 Å². The quantitative estimate of drug-likeness (QED) is 0.0227. The summed E-state index contributed by atoms with van der Waals surface area (Å²) in [6, 6.07) is 18.2. The fourth-order valence-corrected chi connectivity index (χ4v) is 9.17. The smallest absolute Gasteiger partial charge is 0.339 e. The van der Waals surface area contributed by atoms with Crippen molar-refractivity contribution in [1.29, 1.82) is 0 Å². The number of aliphatic carboxylic acids is 1. The summed E-state index contributed by atoms with van der Waals surface area (Å²) < 4.78 is 25.6. The third-order valence-electron chi connectivity index (χ3n) is 12.1. The number of alkyl halides is 4. The Morgan fingerprint density at radius 3 is 1.05 bits per heavy atom. The maximum atomic E-state index is 11.5. The van der Waals surface area contributed by atoms with Crippen LogP contribution >= 0.6 is 85.3 Å². The molecule has 450 valence electrons. The van der Waals surface area contributed by atoms with Crippen molar-refractivity contribution in [3.63, 3.8) is 0 Å². The summed E-state index contributed by atoms with van der Waals surface area (Å²) in [4.78, 5) is 53.7. The average molecular weight is 1280 g/mol. The number of carbonyl (C=O) groups is 3. The zero-order chi connectivity index (χ0) is 57.8. The second-order valence-electron chi connectivity index (χ2n) is 17.4. The first-order chi connectivity index (χ1) is 37.3. The number of carbonyl (C=O) groups excluding carboxylic acids is 2. The van der Waals surface area contributed by atoms with Crippen molar-refractivity contribution in [2.24, 2.45) is 21.1 Å². The molecule has 3 heterocycles. The number of esters is 2. The molecule has 26 heteroatoms. The monoisotopic (exact) mass is 1280 g/mol. The highest BCUT2D eigenvalue weighted by Gasteiger charge is 2.16. The summed E-state index contributed by atoms with van der Waals surface area (Å²) in [5.41, 5.74) is 8.95. The van der Waals surface area contributed by atoms with E-state index in [-0.39, 0.29) is 46.4 Å². The molecule has 80 heavy (non-hydrogen) atoms. The van der Waals surface area contributed by atoms with E-state index in [1.165, 1.54) is 0 Å². The molecule has 0 bridgehead atoms. The van der Waals surface area contributed by atoms with Crippen molar-refractivity contribution in [3.05, 3.63) is 72.1 Å². The Bertz CT molecular complexity index is 2690. The number of imidazole rings is 3. The third-order valence-corrected chi connectivity index (χ3v) is 12.8. The van der Waals surface area contributed by atoms with Gasteiger partial charge in [0.2, 0.25) is 0 Å². The van der Waals surface area contributed by atoms with Crippen LogP contribution in [0.4, 0.5) is 17.1 Å². The Labute approximate surface area is 506 Å². The van der Waals surface area contributed by atoms with E-state index in [9.17, 15) is 29.2 Å². The van der Waals surface area contributed by atoms with Crippen molar-refractivity contribution in [1.82, 2.24) is 28.7 Å². The van der Waals surface area contributed by atoms with E-state index in [4.69, 9.17) is 61.0 Å². The van der Waals surface area contributed by atoms with Crippen molar-refractivity contribution < 1.29 is 43.7 Å². The van der Waals surface area contributed by atoms with Gasteiger partial charge in [0.25, 0.3) is 0 Å². The van der Waals surface area contributed by atoms with Crippen LogP contribution in [0.25, 0.3) is 33.1 Å². The van der Waals surface area contributed by atoms with Gasteiger partial charge in [-0.15, -0.1) is 46.4 Å². The Kier molecular flexibility index (Phi) is 36.6. The van der Waals surface area contributed by atoms with Crippen LogP contribution in [-0.2, 0) is 68.8 Å². The Morgan fingerprint density at radius 2 is 0.800 bits per heavy atom. The van der Waals surface area contributed by atoms with Crippen LogP contribution in [0.3, 0.4) is 0 Å². The van der Waals surface area contributed by atoms with Gasteiger partial charge in [0.05, 0.1) is 59.5 Å². The molecule has 0 radical (unpaired) electrons. The van der Waals surface area contributed by atoms with Gasteiger partial charge in [0, 0.05) is 140 Å². The van der Waals surface area contributed by atoms with Crippen molar-refractivity contribution in [2.75, 3.05) is 104 Å². The zero-order valence-electron chi connectivity index (χ0n) is 44.9. The number of aliphatic hydroxyl groups excluding tert-OH is 2. The number of aliphatic hydroxyl groups is 2. The number of anilines is 3. The summed E-state index contributed by atoms with van der Waals surface area (Å²) in [7, 11) is 5.93. The Balaban J connectivity index is 0.000000568. The lowest BCUT2D eigenvalue weighted by molar-refractivity contribution is -0.144. The van der Waals surface area contributed by atoms with E-state index in [0.717, 1.165) is 107 Å². The number of fused-ring (bicyclic) bond motifs is 3. The minimum atomic E-state index is -3.22. The second kappa shape index (κ2) is 39.5. The lowest BCUT2D eigenvalue weighted by Gasteiger charge is -2.23. The third kappa shape index (κ3) is 25.3. The molecule has 0 spiro atoms. The van der Waals surface area contributed by atoms with Gasteiger partial charge in [0.15, 0.2) is 0 Å². The summed E-state index contributed by atoms with van der Waals surface area (Å²) in [5, 5.41) is 23.9. The van der Waals surface area contributed by atoms with E-state index in [0.29, 0.717) is 88.3 Å². The number of nitrogens with zero attached hydrogens (tertiary/aromatic N) is 9. The molecular formula is C54H81Cl7N9O9P. The summed E-state index contributed by atoms with van der Waals surface area (Å²) in [5.74, 6) is 3.89. The molecule has 3 N–H and O–H groups in total. The molecule has 3 aromatic carbocycles. The summed E-state index contributed by atoms with van der Waals surface area (Å²) >= 11 is 37.4. The second-order valence-corrected chi connectivity index (χ2v) is 25.6. The minimum absolute atomic E-state index is 0. The minimum Gasteiger partial charge on any atom is -0.481 e. The van der Waals surface area contributed by atoms with Gasteiger partial charge in [-0.2, -0.15) is 0 Å². The number of carboxylic acids is 1. The molecule has 0 amide bonds. The van der Waals surface area contributed by atoms with Crippen LogP contribution in [0.15, 0.2) is 54.6 Å². The number of benzene rings is 3. The van der Waals surface area contributed by atoms with Gasteiger partial charge in [-0.25, -0.2) is 15.0 Å². The SMILES string of the molecule is C.C.CCOC(=O)CCCc1nc2ccc(N(CCCl)CCCl)cc2n1C.CCOC(=O)CCCc1nc2ccc(N(CCO)CCO)cc2n1C.Cn1c(CCCC(=O)O)nc2ccc(N(CCCl)CCCl)cc21.O=P(Cl)(Cl)Cl. The van der Waals surface area contributed by atoms with Crippen molar-refractivity contribution >= 4 is 153 Å². The topological polar surface area (TPSA) is 211 Å². The van der Waals surface area contributed by atoms with E-state index >= 15 is 0 Å². The predicted octanol–water partition coefficient (Wildman–Crippen LogP) is 12.3. The molecule has 6 aromatic rings. The van der Waals surface area contributed by atoms with Gasteiger partial charge >= 0.3 is 23.1 Å². The molecule has 0 aliphatic rings. The van der Waals surface area contributed by atoms with Gasteiger partial charge in [-0.1, -0.05) is 14.9 Å². The molecule has 0 aliphatic carbocycles. The number of halogens is 7. The lowest BCUT2D eigenvalue weighted by Crippen LogP contribution is -2.29. The van der Waals surface area contributed by atoms with Gasteiger partial charge in [0.1, 0.15) is 17.5 Å². The van der Waals surface area contributed by atoms with Crippen LogP contribution in [0.2, 0.25) is 0 Å². The van der Waals surface area contributed by atoms with E-state index in [2.05, 4.69) is 81.2 Å². The molecule has 0 saturated carbocycles. The molecule has 18 nitrogen and oxygen atoms in total. The standard InChI is InChI=1S/C18H25Cl2N3O2.C18H27N3O4.C16H21Cl2N3O2.2CH4.Cl3OP/c1-3-25-18(24)6-4-5-17-21-15-8-7-14(13-16(15)22(17)2)23(11-9-19)12-10-20;1-3-25-18(24)6-4-5-17-19-15-8-7-14(13-16(15)20(17)2)21(9-11-22)10-12-23;1-20-14-11-12(21(9-7-17)10-8-18)5-6-13(14)19-15(20)3-2-4-16(22)23;;;1-5(2,3)4/h7-8,13H,3-6,9-12H2,1-2H3;7-8,13,22-23H,3-6,9-12H2,1-2H3;5-6,11H,2-4,7-10H2,1H3,(H,22,23);2*1H4;. The van der Waals surface area contributed by atoms with Crippen LogP contribution < -0.4 is 14.7 Å². The molecule has 0 aliphatic heterocycles. The molecule has 0 unspecified atom stereocenters. The van der Waals surface area contributed by atoms with Crippen molar-refractivity contribution in [3.8, 4) is 0 Å². The zero-order valence-corrected chi connectivity index (χ0v) is 51.1. The van der Waals surface area contributed by atoms with Gasteiger partial charge in [-0.3, -0.25) is 18.9 Å². The lowest BCUT2D eigenvalue weighted by atomic mass is 10.2. The highest BCUT2D eigenvalue weighted by molar-refractivity contribution is 8.24. The fourth-order valence-electron chi connectivity index (χ4n) is 8.35. The molecule has 0 fully saturated rings. The predicted molar refractivity (Wildman–Crippen MR) is 334 cm³/mol. The number of hydrogen-bond donors (Lipinski definition) is 3. The van der Waals surface area contributed by atoms with Crippen LogP contribution in [-0.4, -0.2) is 151 Å². The average Bonchev–Trinajstić information content (AvgIpc) is 4.03. The van der Waals surface area contributed by atoms with E-state index in [1.54, 1.807) is 6.92 Å². The summed E-state index contributed by atoms with van der Waals surface area (Å²) in [6.07, 6.45) is 5.09. The molecule has 0 atom stereocenters. The Morgan fingerprint density at radius 1 is 0.525 bits per heavy atom. The number of aromatic nitrogens is 6. The largest absolute Gasteiger partial charge is 0.481 e. The number of ether oxygens (including phenoxy) is 2. The maximum absolute atomic E-state index is 11.5. The first-order valence-corrected chi connectivity index (χ1v) is 32.1. The van der Waals surface area contributed by atoms with Crippen LogP contribution in [0, 0.1) is 0 Å². The molecule has 0 saturated heterocycles. The fraction of sp³-hybridized carbons (Fsp3) is 0.556. The van der Waals surface area contributed by atoms with Crippen LogP contribution in [0.5, 0.6) is 0 Å². The molecular weight excluding hydrogens is 1200 g/mol. The van der Waals surface area contributed by atoms with Gasteiger partial charge in [-0.05, 0) is 121 Å². The van der Waals surface area contributed by atoms with Crippen LogP contribution in [0.1, 0.15) is 84.7 Å². The van der Waals surface area contributed by atoms with Gasteiger partial charge < -0.3 is 53.2 Å². The Hall–Kier alpha value is -3.94. The summed E-state index contributed by atoms with van der Waals surface area (Å²) in [6.45, 7) is 8.44. The number of hydrogen-bond acceptors (Lipinski definition) is 14. The first kappa shape index (κ1) is 74.1. The highest BCUT2D eigenvalue weighted by Crippen LogP contribution is 2.61. The van der Waals surface area contributed by atoms with Crippen molar-refractivity contribution in [2.45, 2.75) is 86.5 Å². The van der Waals surface area contributed by atoms with E-state index < -0.39 is 11.2 Å². The highest BCUT2D eigenvalue weighted by atomic mass is 36.0. The first-order valence-electron chi connectivity index (χ1n) is 25.6. The molecule has 6 rings (SSSR count).